The largest absolute Gasteiger partial charge is 0.493 e. The summed E-state index contributed by atoms with van der Waals surface area (Å²) >= 11 is 8.14. The Morgan fingerprint density at radius 2 is 1.90 bits per heavy atom. The number of methoxy groups -OCH3 is 1. The summed E-state index contributed by atoms with van der Waals surface area (Å²) in [6, 6.07) is 7.27. The number of thioether (sulfide) groups is 1. The SMILES string of the molecule is COc1cc(/C=C2\SC(=Nc3cc(C)c(Br)c(C)c3)NC2=O)cc(Br)c1OCC(=O)O. The maximum atomic E-state index is 12.4. The number of ether oxygens (including phenoxy) is 2. The average Bonchev–Trinajstić information content (AvgIpc) is 3.03. The highest BCUT2D eigenvalue weighted by atomic mass is 79.9. The molecule has 1 saturated heterocycles. The van der Waals surface area contributed by atoms with E-state index < -0.39 is 12.6 Å². The fourth-order valence-electron chi connectivity index (χ4n) is 2.83. The molecule has 1 aliphatic heterocycles. The Morgan fingerprint density at radius 3 is 2.52 bits per heavy atom. The lowest BCUT2D eigenvalue weighted by Gasteiger charge is -2.12. The number of carbonyl (C=O) groups excluding carboxylic acids is 1. The molecular weight excluding hydrogens is 552 g/mol. The molecule has 3 rings (SSSR count). The van der Waals surface area contributed by atoms with Crippen molar-refractivity contribution >= 4 is 72.4 Å². The predicted molar refractivity (Wildman–Crippen MR) is 128 cm³/mol. The summed E-state index contributed by atoms with van der Waals surface area (Å²) in [6.45, 7) is 3.48. The first-order chi connectivity index (χ1) is 14.7. The normalized spacial score (nSPS) is 16.0. The zero-order valence-corrected chi connectivity index (χ0v) is 20.8. The van der Waals surface area contributed by atoms with E-state index in [0.717, 1.165) is 21.3 Å². The minimum Gasteiger partial charge on any atom is -0.493 e. The fourth-order valence-corrected chi connectivity index (χ4v) is 4.48. The van der Waals surface area contributed by atoms with Crippen molar-refractivity contribution in [2.45, 2.75) is 13.8 Å². The van der Waals surface area contributed by atoms with Gasteiger partial charge >= 0.3 is 5.97 Å². The van der Waals surface area contributed by atoms with Gasteiger partial charge in [0.1, 0.15) is 0 Å². The monoisotopic (exact) mass is 568 g/mol. The van der Waals surface area contributed by atoms with Gasteiger partial charge in [-0.05, 0) is 88.6 Å². The molecule has 10 heteroatoms. The molecule has 1 heterocycles. The van der Waals surface area contributed by atoms with Gasteiger partial charge in [0.05, 0.1) is 22.2 Å². The van der Waals surface area contributed by atoms with E-state index >= 15 is 0 Å². The zero-order valence-electron chi connectivity index (χ0n) is 16.8. The average molecular weight is 570 g/mol. The molecule has 7 nitrogen and oxygen atoms in total. The molecular formula is C21H18Br2N2O5S. The summed E-state index contributed by atoms with van der Waals surface area (Å²) < 4.78 is 12.1. The molecule has 0 spiro atoms. The van der Waals surface area contributed by atoms with Crippen LogP contribution in [-0.4, -0.2) is 35.9 Å². The maximum absolute atomic E-state index is 12.4. The lowest BCUT2D eigenvalue weighted by molar-refractivity contribution is -0.139. The third-order valence-corrected chi connectivity index (χ3v) is 6.94. The summed E-state index contributed by atoms with van der Waals surface area (Å²) in [4.78, 5) is 28.2. The molecule has 2 aromatic rings. The van der Waals surface area contributed by atoms with E-state index in [1.807, 2.05) is 26.0 Å². The molecule has 0 aromatic heterocycles. The van der Waals surface area contributed by atoms with Gasteiger partial charge in [0, 0.05) is 4.47 Å². The Hall–Kier alpha value is -2.30. The number of halogens is 2. The maximum Gasteiger partial charge on any atom is 0.341 e. The van der Waals surface area contributed by atoms with Gasteiger partial charge in [-0.25, -0.2) is 9.79 Å². The molecule has 31 heavy (non-hydrogen) atoms. The van der Waals surface area contributed by atoms with Crippen LogP contribution in [0.4, 0.5) is 5.69 Å². The number of nitrogens with one attached hydrogen (secondary N) is 1. The number of hydrogen-bond acceptors (Lipinski definition) is 6. The first-order valence-electron chi connectivity index (χ1n) is 8.96. The molecule has 2 aromatic carbocycles. The van der Waals surface area contributed by atoms with Gasteiger partial charge in [0.15, 0.2) is 23.3 Å². The Kier molecular flexibility index (Phi) is 7.45. The quantitative estimate of drug-likeness (QED) is 0.465. The van der Waals surface area contributed by atoms with Crippen LogP contribution in [0.15, 0.2) is 43.1 Å². The minimum atomic E-state index is -1.10. The van der Waals surface area contributed by atoms with Gasteiger partial charge in [-0.1, -0.05) is 15.9 Å². The Morgan fingerprint density at radius 1 is 1.23 bits per heavy atom. The third kappa shape index (κ3) is 5.69. The number of aryl methyl sites for hydroxylation is 2. The van der Waals surface area contributed by atoms with E-state index in [0.29, 0.717) is 25.9 Å². The van der Waals surface area contributed by atoms with Crippen molar-refractivity contribution in [1.82, 2.24) is 5.32 Å². The van der Waals surface area contributed by atoms with Gasteiger partial charge in [0.25, 0.3) is 5.91 Å². The summed E-state index contributed by atoms with van der Waals surface area (Å²) in [5, 5.41) is 12.1. The van der Waals surface area contributed by atoms with Crippen molar-refractivity contribution in [3.05, 3.63) is 54.8 Å². The van der Waals surface area contributed by atoms with Gasteiger partial charge < -0.3 is 19.9 Å². The Balaban J connectivity index is 1.86. The second-order valence-corrected chi connectivity index (χ2v) is 9.27. The molecule has 0 bridgehead atoms. The molecule has 0 radical (unpaired) electrons. The number of benzene rings is 2. The minimum absolute atomic E-state index is 0.254. The first kappa shape index (κ1) is 23.4. The van der Waals surface area contributed by atoms with Crippen LogP contribution in [0.2, 0.25) is 0 Å². The summed E-state index contributed by atoms with van der Waals surface area (Å²) in [7, 11) is 1.45. The predicted octanol–water partition coefficient (Wildman–Crippen LogP) is 5.19. The lowest BCUT2D eigenvalue weighted by Crippen LogP contribution is -2.19. The number of hydrogen-bond donors (Lipinski definition) is 2. The van der Waals surface area contributed by atoms with Crippen LogP contribution in [0.5, 0.6) is 11.5 Å². The van der Waals surface area contributed by atoms with Gasteiger partial charge in [-0.2, -0.15) is 0 Å². The lowest BCUT2D eigenvalue weighted by atomic mass is 10.1. The summed E-state index contributed by atoms with van der Waals surface area (Å²) in [6.07, 6.45) is 1.70. The second-order valence-electron chi connectivity index (χ2n) is 6.59. The van der Waals surface area contributed by atoms with E-state index in [1.165, 1.54) is 18.9 Å². The summed E-state index contributed by atoms with van der Waals surface area (Å²) in [5.41, 5.74) is 3.56. The molecule has 0 unspecified atom stereocenters. The van der Waals surface area contributed by atoms with Crippen molar-refractivity contribution < 1.29 is 24.2 Å². The molecule has 2 N–H and O–H groups in total. The van der Waals surface area contributed by atoms with E-state index in [-0.39, 0.29) is 11.7 Å². The van der Waals surface area contributed by atoms with E-state index in [1.54, 1.807) is 18.2 Å². The van der Waals surface area contributed by atoms with Crippen LogP contribution in [0.1, 0.15) is 16.7 Å². The standard InChI is InChI=1S/C21H18Br2N2O5S/c1-10-4-13(5-11(2)18(10)23)24-21-25-20(28)16(31-21)8-12-6-14(22)19(15(7-12)29-3)30-9-17(26)27/h4-8H,9H2,1-3H3,(H,26,27)(H,24,25,28)/b16-8-. The molecule has 0 saturated carbocycles. The fraction of sp³-hybridized carbons (Fsp3) is 0.190. The van der Waals surface area contributed by atoms with Crippen molar-refractivity contribution in [1.29, 1.82) is 0 Å². The van der Waals surface area contributed by atoms with Crippen LogP contribution in [0.25, 0.3) is 6.08 Å². The van der Waals surface area contributed by atoms with Crippen LogP contribution < -0.4 is 14.8 Å². The zero-order chi connectivity index (χ0) is 22.7. The van der Waals surface area contributed by atoms with E-state index in [2.05, 4.69) is 42.2 Å². The number of amides is 1. The first-order valence-corrected chi connectivity index (χ1v) is 11.4. The number of nitrogens with zero attached hydrogens (tertiary/aromatic N) is 1. The molecule has 1 amide bonds. The Labute approximate surface area is 200 Å². The molecule has 1 aliphatic rings. The van der Waals surface area contributed by atoms with E-state index in [9.17, 15) is 9.59 Å². The van der Waals surface area contributed by atoms with Gasteiger partial charge in [0.2, 0.25) is 0 Å². The Bertz CT molecular complexity index is 1110. The molecule has 1 fully saturated rings. The molecule has 0 aliphatic carbocycles. The van der Waals surface area contributed by atoms with Gasteiger partial charge in [-0.3, -0.25) is 4.79 Å². The highest BCUT2D eigenvalue weighted by Gasteiger charge is 2.24. The molecule has 162 valence electrons. The van der Waals surface area contributed by atoms with Crippen LogP contribution in [-0.2, 0) is 9.59 Å². The third-order valence-electron chi connectivity index (χ3n) is 4.19. The number of aliphatic imine (C=N–C) groups is 1. The number of carbonyl (C=O) groups is 2. The summed E-state index contributed by atoms with van der Waals surface area (Å²) in [5.74, 6) is -0.725. The van der Waals surface area contributed by atoms with Crippen LogP contribution in [0, 0.1) is 13.8 Å². The van der Waals surface area contributed by atoms with Gasteiger partial charge in [-0.15, -0.1) is 0 Å². The van der Waals surface area contributed by atoms with Crippen LogP contribution in [0.3, 0.4) is 0 Å². The molecule has 0 atom stereocenters. The number of carboxylic acid groups (broad SMARTS) is 1. The van der Waals surface area contributed by atoms with Crippen molar-refractivity contribution in [2.24, 2.45) is 4.99 Å². The van der Waals surface area contributed by atoms with Crippen molar-refractivity contribution in [2.75, 3.05) is 13.7 Å². The second kappa shape index (κ2) is 9.88. The topological polar surface area (TPSA) is 97.2 Å². The number of amidine groups is 1. The highest BCUT2D eigenvalue weighted by molar-refractivity contribution is 9.10. The smallest absolute Gasteiger partial charge is 0.341 e. The highest BCUT2D eigenvalue weighted by Crippen LogP contribution is 2.38. The number of carboxylic acids is 1. The van der Waals surface area contributed by atoms with E-state index in [4.69, 9.17) is 14.6 Å². The number of aliphatic carboxylic acids is 1. The number of rotatable bonds is 6. The van der Waals surface area contributed by atoms with Crippen molar-refractivity contribution in [3.8, 4) is 11.5 Å². The van der Waals surface area contributed by atoms with Crippen LogP contribution >= 0.6 is 43.6 Å². The van der Waals surface area contributed by atoms with Crippen molar-refractivity contribution in [3.63, 3.8) is 0 Å².